The molecule has 0 aliphatic carbocycles. The maximum absolute atomic E-state index is 12.0. The fourth-order valence-electron chi connectivity index (χ4n) is 2.60. The lowest BCUT2D eigenvalue weighted by molar-refractivity contribution is -0.149. The summed E-state index contributed by atoms with van der Waals surface area (Å²) in [5, 5.41) is 0. The molecule has 5 heteroatoms. The predicted molar refractivity (Wildman–Crippen MR) is 82.2 cm³/mol. The number of fused-ring (bicyclic) bond motifs is 1. The van der Waals surface area contributed by atoms with Gasteiger partial charge in [0.15, 0.2) is 17.8 Å². The first-order chi connectivity index (χ1) is 10.6. The average molecular weight is 306 g/mol. The summed E-state index contributed by atoms with van der Waals surface area (Å²) in [4.78, 5) is 12.0. The molecule has 120 valence electrons. The molecule has 0 saturated heterocycles. The Morgan fingerprint density at radius 1 is 1.23 bits per heavy atom. The number of benzene rings is 1. The van der Waals surface area contributed by atoms with Crippen molar-refractivity contribution in [2.45, 2.75) is 31.7 Å². The number of rotatable bonds is 8. The Kier molecular flexibility index (Phi) is 5.57. The highest BCUT2D eigenvalue weighted by Crippen LogP contribution is 2.46. The van der Waals surface area contributed by atoms with Crippen LogP contribution in [-0.2, 0) is 14.3 Å². The molecular weight excluding hydrogens is 284 g/mol. The van der Waals surface area contributed by atoms with E-state index < -0.39 is 6.29 Å². The molecule has 0 bridgehead atoms. The molecule has 2 atom stereocenters. The van der Waals surface area contributed by atoms with Crippen LogP contribution in [0.4, 0.5) is 0 Å². The highest BCUT2D eigenvalue weighted by Gasteiger charge is 2.34. The Hall–Kier alpha value is -1.85. The standard InChI is InChI=1S/C17H22O5/c1-5-6-7-11(18)8-14-12-9-15(19-2)16(20-3)10-13(12)17(21-4)22-14/h5,9-10,14,17H,1,6-8H2,2-4H3. The Balaban J connectivity index is 2.27. The van der Waals surface area contributed by atoms with Crippen molar-refractivity contribution in [2.75, 3.05) is 21.3 Å². The monoisotopic (exact) mass is 306 g/mol. The van der Waals surface area contributed by atoms with Gasteiger partial charge in [0, 0.05) is 25.5 Å². The van der Waals surface area contributed by atoms with Gasteiger partial charge in [-0.2, -0.15) is 0 Å². The molecule has 1 aliphatic rings. The number of carbonyl (C=O) groups is 1. The fourth-order valence-corrected chi connectivity index (χ4v) is 2.60. The van der Waals surface area contributed by atoms with E-state index >= 15 is 0 Å². The number of hydrogen-bond donors (Lipinski definition) is 0. The smallest absolute Gasteiger partial charge is 0.184 e. The summed E-state index contributed by atoms with van der Waals surface area (Å²) in [6.45, 7) is 3.63. The van der Waals surface area contributed by atoms with Crippen LogP contribution in [0.25, 0.3) is 0 Å². The van der Waals surface area contributed by atoms with Crippen LogP contribution in [0, 0.1) is 0 Å². The van der Waals surface area contributed by atoms with Gasteiger partial charge in [0.25, 0.3) is 0 Å². The summed E-state index contributed by atoms with van der Waals surface area (Å²) < 4.78 is 21.8. The minimum absolute atomic E-state index is 0.141. The number of Topliss-reactive ketones (excluding diaryl/α,β-unsaturated/α-hetero) is 1. The zero-order valence-corrected chi connectivity index (χ0v) is 13.3. The molecule has 5 nitrogen and oxygen atoms in total. The first-order valence-electron chi connectivity index (χ1n) is 7.21. The second kappa shape index (κ2) is 7.42. The summed E-state index contributed by atoms with van der Waals surface area (Å²) in [5.74, 6) is 1.37. The molecule has 0 spiro atoms. The molecule has 1 aromatic rings. The van der Waals surface area contributed by atoms with Crippen LogP contribution in [-0.4, -0.2) is 27.1 Å². The van der Waals surface area contributed by atoms with Crippen LogP contribution in [0.1, 0.15) is 42.8 Å². The maximum atomic E-state index is 12.0. The van der Waals surface area contributed by atoms with Crippen molar-refractivity contribution < 1.29 is 23.7 Å². The first-order valence-corrected chi connectivity index (χ1v) is 7.21. The Morgan fingerprint density at radius 3 is 2.41 bits per heavy atom. The van der Waals surface area contributed by atoms with Crippen molar-refractivity contribution in [3.05, 3.63) is 35.9 Å². The molecule has 0 N–H and O–H groups in total. The Morgan fingerprint density at radius 2 is 1.86 bits per heavy atom. The predicted octanol–water partition coefficient (Wildman–Crippen LogP) is 3.35. The average Bonchev–Trinajstić information content (AvgIpc) is 2.88. The largest absolute Gasteiger partial charge is 0.493 e. The van der Waals surface area contributed by atoms with E-state index in [9.17, 15) is 4.79 Å². The molecule has 22 heavy (non-hydrogen) atoms. The van der Waals surface area contributed by atoms with E-state index in [4.69, 9.17) is 18.9 Å². The van der Waals surface area contributed by atoms with Gasteiger partial charge in [-0.05, 0) is 24.1 Å². The van der Waals surface area contributed by atoms with Gasteiger partial charge in [0.05, 0.1) is 20.3 Å². The van der Waals surface area contributed by atoms with Gasteiger partial charge in [0.1, 0.15) is 5.78 Å². The van der Waals surface area contributed by atoms with Gasteiger partial charge in [0.2, 0.25) is 0 Å². The number of allylic oxidation sites excluding steroid dienone is 1. The van der Waals surface area contributed by atoms with E-state index in [0.29, 0.717) is 30.8 Å². The van der Waals surface area contributed by atoms with E-state index in [-0.39, 0.29) is 11.9 Å². The lowest BCUT2D eigenvalue weighted by Gasteiger charge is -2.12. The summed E-state index contributed by atoms with van der Waals surface area (Å²) >= 11 is 0. The lowest BCUT2D eigenvalue weighted by atomic mass is 9.99. The molecule has 0 saturated carbocycles. The van der Waals surface area contributed by atoms with Crippen LogP contribution < -0.4 is 9.47 Å². The lowest BCUT2D eigenvalue weighted by Crippen LogP contribution is -2.07. The summed E-state index contributed by atoms with van der Waals surface area (Å²) in [6, 6.07) is 3.70. The number of ether oxygens (including phenoxy) is 4. The molecule has 1 aliphatic heterocycles. The van der Waals surface area contributed by atoms with Gasteiger partial charge in [-0.25, -0.2) is 0 Å². The van der Waals surface area contributed by atoms with Crippen molar-refractivity contribution in [1.29, 1.82) is 0 Å². The van der Waals surface area contributed by atoms with Crippen molar-refractivity contribution in [3.8, 4) is 11.5 Å². The molecule has 0 fully saturated rings. The van der Waals surface area contributed by atoms with Crippen molar-refractivity contribution in [3.63, 3.8) is 0 Å². The van der Waals surface area contributed by atoms with Crippen molar-refractivity contribution >= 4 is 5.78 Å². The normalized spacial score (nSPS) is 19.6. The van der Waals surface area contributed by atoms with E-state index in [1.165, 1.54) is 0 Å². The third kappa shape index (κ3) is 3.31. The molecule has 2 unspecified atom stereocenters. The topological polar surface area (TPSA) is 54.0 Å². The van der Waals surface area contributed by atoms with Gasteiger partial charge >= 0.3 is 0 Å². The zero-order chi connectivity index (χ0) is 16.1. The van der Waals surface area contributed by atoms with Gasteiger partial charge in [-0.3, -0.25) is 4.79 Å². The number of carbonyl (C=O) groups excluding carboxylic acids is 1. The molecule has 1 heterocycles. The van der Waals surface area contributed by atoms with Crippen molar-refractivity contribution in [1.82, 2.24) is 0 Å². The third-order valence-corrected chi connectivity index (χ3v) is 3.73. The number of ketones is 1. The minimum atomic E-state index is -0.494. The Bertz CT molecular complexity index is 552. The van der Waals surface area contributed by atoms with Gasteiger partial charge in [-0.1, -0.05) is 6.08 Å². The van der Waals surface area contributed by atoms with Crippen molar-refractivity contribution in [2.24, 2.45) is 0 Å². The first kappa shape index (κ1) is 16.5. The van der Waals surface area contributed by atoms with E-state index in [0.717, 1.165) is 11.1 Å². The van der Waals surface area contributed by atoms with Crippen LogP contribution in [0.15, 0.2) is 24.8 Å². The van der Waals surface area contributed by atoms with Gasteiger partial charge < -0.3 is 18.9 Å². The zero-order valence-electron chi connectivity index (χ0n) is 13.3. The second-order valence-corrected chi connectivity index (χ2v) is 5.10. The molecular formula is C17H22O5. The van der Waals surface area contributed by atoms with E-state index in [1.807, 2.05) is 12.1 Å². The Labute approximate surface area is 130 Å². The quantitative estimate of drug-likeness (QED) is 0.689. The highest BCUT2D eigenvalue weighted by atomic mass is 16.7. The maximum Gasteiger partial charge on any atom is 0.184 e. The molecule has 0 radical (unpaired) electrons. The number of methoxy groups -OCH3 is 3. The van der Waals surface area contributed by atoms with Crippen LogP contribution in [0.3, 0.4) is 0 Å². The summed E-state index contributed by atoms with van der Waals surface area (Å²) in [6.07, 6.45) is 2.40. The molecule has 0 aromatic heterocycles. The fraction of sp³-hybridized carbons (Fsp3) is 0.471. The summed E-state index contributed by atoms with van der Waals surface area (Å²) in [7, 11) is 4.74. The molecule has 1 aromatic carbocycles. The van der Waals surface area contributed by atoms with Gasteiger partial charge in [-0.15, -0.1) is 6.58 Å². The molecule has 2 rings (SSSR count). The highest BCUT2D eigenvalue weighted by molar-refractivity contribution is 5.79. The van der Waals surface area contributed by atoms with Crippen LogP contribution >= 0.6 is 0 Å². The third-order valence-electron chi connectivity index (χ3n) is 3.73. The minimum Gasteiger partial charge on any atom is -0.493 e. The SMILES string of the molecule is C=CCCC(=O)CC1OC(OC)c2cc(OC)c(OC)cc21. The number of hydrogen-bond acceptors (Lipinski definition) is 5. The van der Waals surface area contributed by atoms with Crippen LogP contribution in [0.2, 0.25) is 0 Å². The summed E-state index contributed by atoms with van der Waals surface area (Å²) in [5.41, 5.74) is 1.79. The second-order valence-electron chi connectivity index (χ2n) is 5.10. The van der Waals surface area contributed by atoms with E-state index in [2.05, 4.69) is 6.58 Å². The van der Waals surface area contributed by atoms with Crippen LogP contribution in [0.5, 0.6) is 11.5 Å². The van der Waals surface area contributed by atoms with E-state index in [1.54, 1.807) is 27.4 Å². The molecule has 0 amide bonds.